The third-order valence-electron chi connectivity index (χ3n) is 2.37. The standard InChI is InChI=1S/C9H10O6/c10-4-1-5(11)7(12)6-3(4)2-15-9(14)8(6)13/h1,8-14H,2H2/t8-,9-/m0/s1. The highest BCUT2D eigenvalue weighted by Gasteiger charge is 2.33. The number of rotatable bonds is 0. The molecule has 2 atom stereocenters. The Bertz CT molecular complexity index is 402. The summed E-state index contributed by atoms with van der Waals surface area (Å²) in [4.78, 5) is 0. The van der Waals surface area contributed by atoms with Gasteiger partial charge in [0.25, 0.3) is 0 Å². The highest BCUT2D eigenvalue weighted by atomic mass is 16.6. The first-order valence-electron chi connectivity index (χ1n) is 4.26. The first kappa shape index (κ1) is 10.0. The van der Waals surface area contributed by atoms with Crippen molar-refractivity contribution in [2.24, 2.45) is 0 Å². The van der Waals surface area contributed by atoms with Crippen LogP contribution >= 0.6 is 0 Å². The fraction of sp³-hybridized carbons (Fsp3) is 0.333. The molecule has 0 saturated heterocycles. The number of fused-ring (bicyclic) bond motifs is 1. The van der Waals surface area contributed by atoms with Crippen LogP contribution in [0.25, 0.3) is 0 Å². The molecule has 0 unspecified atom stereocenters. The summed E-state index contributed by atoms with van der Waals surface area (Å²) in [6.45, 7) is -0.146. The molecule has 1 aromatic carbocycles. The third-order valence-corrected chi connectivity index (χ3v) is 2.37. The number of aliphatic hydroxyl groups excluding tert-OH is 2. The number of phenols is 3. The van der Waals surface area contributed by atoms with Gasteiger partial charge >= 0.3 is 0 Å². The molecule has 1 aliphatic heterocycles. The lowest BCUT2D eigenvalue weighted by Crippen LogP contribution is -2.27. The minimum absolute atomic E-state index is 0.105. The lowest BCUT2D eigenvalue weighted by molar-refractivity contribution is -0.182. The Balaban J connectivity index is 2.65. The Kier molecular flexibility index (Phi) is 2.18. The van der Waals surface area contributed by atoms with E-state index in [-0.39, 0.29) is 23.5 Å². The molecule has 1 aliphatic rings. The number of phenolic OH excluding ortho intramolecular Hbond substituents is 3. The molecule has 6 nitrogen and oxygen atoms in total. The molecule has 2 rings (SSSR count). The molecule has 0 bridgehead atoms. The van der Waals surface area contributed by atoms with Gasteiger partial charge in [-0.1, -0.05) is 0 Å². The first-order valence-corrected chi connectivity index (χ1v) is 4.26. The second-order valence-electron chi connectivity index (χ2n) is 3.30. The smallest absolute Gasteiger partial charge is 0.185 e. The topological polar surface area (TPSA) is 110 Å². The second kappa shape index (κ2) is 3.27. The maximum atomic E-state index is 9.50. The average Bonchev–Trinajstić information content (AvgIpc) is 2.19. The predicted octanol–water partition coefficient (Wildman–Crippen LogP) is -0.315. The Hall–Kier alpha value is -1.50. The lowest BCUT2D eigenvalue weighted by Gasteiger charge is -2.27. The van der Waals surface area contributed by atoms with Gasteiger partial charge in [0, 0.05) is 17.2 Å². The van der Waals surface area contributed by atoms with Crippen LogP contribution in [0.5, 0.6) is 17.2 Å². The Morgan fingerprint density at radius 3 is 2.47 bits per heavy atom. The summed E-state index contributed by atoms with van der Waals surface area (Å²) >= 11 is 0. The summed E-state index contributed by atoms with van der Waals surface area (Å²) in [5.74, 6) is -1.41. The van der Waals surface area contributed by atoms with Crippen molar-refractivity contribution in [3.8, 4) is 17.2 Å². The van der Waals surface area contributed by atoms with E-state index in [4.69, 9.17) is 4.74 Å². The van der Waals surface area contributed by atoms with Crippen LogP contribution in [-0.4, -0.2) is 31.8 Å². The number of ether oxygens (including phenoxy) is 1. The van der Waals surface area contributed by atoms with Crippen molar-refractivity contribution in [2.75, 3.05) is 0 Å². The van der Waals surface area contributed by atoms with Crippen LogP contribution < -0.4 is 0 Å². The van der Waals surface area contributed by atoms with Crippen LogP contribution in [0.15, 0.2) is 6.07 Å². The second-order valence-corrected chi connectivity index (χ2v) is 3.30. The lowest BCUT2D eigenvalue weighted by atomic mass is 9.97. The average molecular weight is 214 g/mol. The van der Waals surface area contributed by atoms with Gasteiger partial charge in [0.1, 0.15) is 11.9 Å². The number of aromatic hydroxyl groups is 3. The van der Waals surface area contributed by atoms with E-state index in [9.17, 15) is 25.5 Å². The van der Waals surface area contributed by atoms with Crippen LogP contribution in [0.4, 0.5) is 0 Å². The van der Waals surface area contributed by atoms with Crippen LogP contribution in [-0.2, 0) is 11.3 Å². The SMILES string of the molecule is Oc1cc(O)c2c(c1O)[C@H](O)[C@@H](O)OC2. The van der Waals surface area contributed by atoms with Gasteiger partial charge in [0.2, 0.25) is 0 Å². The van der Waals surface area contributed by atoms with Crippen molar-refractivity contribution < 1.29 is 30.3 Å². The predicted molar refractivity (Wildman–Crippen MR) is 47.2 cm³/mol. The summed E-state index contributed by atoms with van der Waals surface area (Å²) < 4.78 is 4.75. The Morgan fingerprint density at radius 2 is 1.80 bits per heavy atom. The molecule has 0 aliphatic carbocycles. The summed E-state index contributed by atoms with van der Waals surface area (Å²) in [5, 5.41) is 46.8. The summed E-state index contributed by atoms with van der Waals surface area (Å²) in [7, 11) is 0. The molecule has 0 fully saturated rings. The number of hydrogen-bond acceptors (Lipinski definition) is 6. The molecule has 82 valence electrons. The molecular formula is C9H10O6. The zero-order valence-corrected chi connectivity index (χ0v) is 7.58. The van der Waals surface area contributed by atoms with E-state index in [1.807, 2.05) is 0 Å². The van der Waals surface area contributed by atoms with E-state index in [0.29, 0.717) is 0 Å². The zero-order chi connectivity index (χ0) is 11.2. The van der Waals surface area contributed by atoms with Crippen molar-refractivity contribution in [3.63, 3.8) is 0 Å². The van der Waals surface area contributed by atoms with E-state index in [0.717, 1.165) is 6.07 Å². The van der Waals surface area contributed by atoms with Crippen molar-refractivity contribution in [2.45, 2.75) is 19.0 Å². The molecule has 0 saturated carbocycles. The van der Waals surface area contributed by atoms with Gasteiger partial charge in [-0.25, -0.2) is 0 Å². The first-order chi connectivity index (χ1) is 7.02. The quantitative estimate of drug-likeness (QED) is 0.299. The van der Waals surface area contributed by atoms with Crippen molar-refractivity contribution in [1.82, 2.24) is 0 Å². The maximum absolute atomic E-state index is 9.50. The summed E-state index contributed by atoms with van der Waals surface area (Å²) in [5.41, 5.74) is 0.0503. The molecule has 0 amide bonds. The minimum atomic E-state index is -1.49. The van der Waals surface area contributed by atoms with Crippen LogP contribution in [0, 0.1) is 0 Å². The van der Waals surface area contributed by atoms with Crippen molar-refractivity contribution in [3.05, 3.63) is 17.2 Å². The third kappa shape index (κ3) is 1.39. The monoisotopic (exact) mass is 214 g/mol. The molecule has 6 heteroatoms. The molecule has 0 radical (unpaired) electrons. The summed E-state index contributed by atoms with van der Waals surface area (Å²) in [6, 6.07) is 0.946. The van der Waals surface area contributed by atoms with Crippen LogP contribution in [0.3, 0.4) is 0 Å². The normalized spacial score (nSPS) is 24.9. The van der Waals surface area contributed by atoms with Gasteiger partial charge in [0.15, 0.2) is 17.8 Å². The van der Waals surface area contributed by atoms with Crippen molar-refractivity contribution in [1.29, 1.82) is 0 Å². The van der Waals surface area contributed by atoms with Gasteiger partial charge in [-0.2, -0.15) is 0 Å². The molecular weight excluding hydrogens is 204 g/mol. The van der Waals surface area contributed by atoms with Gasteiger partial charge in [0.05, 0.1) is 6.61 Å². The Morgan fingerprint density at radius 1 is 1.13 bits per heavy atom. The minimum Gasteiger partial charge on any atom is -0.507 e. The summed E-state index contributed by atoms with van der Waals surface area (Å²) in [6.07, 6.45) is -2.98. The zero-order valence-electron chi connectivity index (χ0n) is 7.58. The molecule has 1 heterocycles. The fourth-order valence-electron chi connectivity index (χ4n) is 1.58. The maximum Gasteiger partial charge on any atom is 0.185 e. The van der Waals surface area contributed by atoms with Crippen LogP contribution in [0.1, 0.15) is 17.2 Å². The largest absolute Gasteiger partial charge is 0.507 e. The van der Waals surface area contributed by atoms with E-state index in [2.05, 4.69) is 0 Å². The van der Waals surface area contributed by atoms with Crippen molar-refractivity contribution >= 4 is 0 Å². The van der Waals surface area contributed by atoms with E-state index in [1.54, 1.807) is 0 Å². The fourth-order valence-corrected chi connectivity index (χ4v) is 1.58. The molecule has 1 aromatic rings. The van der Waals surface area contributed by atoms with Gasteiger partial charge in [-0.15, -0.1) is 0 Å². The van der Waals surface area contributed by atoms with E-state index >= 15 is 0 Å². The molecule has 15 heavy (non-hydrogen) atoms. The highest BCUT2D eigenvalue weighted by Crippen LogP contribution is 2.44. The number of benzene rings is 1. The van der Waals surface area contributed by atoms with E-state index in [1.165, 1.54) is 0 Å². The molecule has 0 spiro atoms. The van der Waals surface area contributed by atoms with Gasteiger partial charge < -0.3 is 30.3 Å². The molecule has 0 aromatic heterocycles. The van der Waals surface area contributed by atoms with E-state index < -0.39 is 23.9 Å². The van der Waals surface area contributed by atoms with Crippen LogP contribution in [0.2, 0.25) is 0 Å². The Labute approximate surface area is 84.6 Å². The van der Waals surface area contributed by atoms with Gasteiger partial charge in [-0.05, 0) is 0 Å². The number of aliphatic hydroxyl groups is 2. The molecule has 5 N–H and O–H groups in total. The highest BCUT2D eigenvalue weighted by molar-refractivity contribution is 5.56. The van der Waals surface area contributed by atoms with Gasteiger partial charge in [-0.3, -0.25) is 0 Å². The number of hydrogen-bond donors (Lipinski definition) is 5.